The zero-order chi connectivity index (χ0) is 10.6. The summed E-state index contributed by atoms with van der Waals surface area (Å²) in [5.74, 6) is 0. The molecule has 0 bridgehead atoms. The van der Waals surface area contributed by atoms with Crippen molar-refractivity contribution >= 4 is 0 Å². The quantitative estimate of drug-likeness (QED) is 0.437. The van der Waals surface area contributed by atoms with Crippen LogP contribution in [-0.4, -0.2) is 11.2 Å². The lowest BCUT2D eigenvalue weighted by Gasteiger charge is -2.04. The van der Waals surface area contributed by atoms with Crippen LogP contribution in [0.1, 0.15) is 65.2 Å². The molecule has 0 aliphatic carbocycles. The number of allylic oxidation sites excluding steroid dienone is 1. The van der Waals surface area contributed by atoms with E-state index in [1.807, 2.05) is 6.08 Å². The number of hydrogen-bond donors (Lipinski definition) is 1. The lowest BCUT2D eigenvalue weighted by molar-refractivity contribution is 0.207. The summed E-state index contributed by atoms with van der Waals surface area (Å²) in [5.41, 5.74) is 0. The molecule has 1 unspecified atom stereocenters. The van der Waals surface area contributed by atoms with E-state index in [4.69, 9.17) is 0 Å². The molecule has 14 heavy (non-hydrogen) atoms. The van der Waals surface area contributed by atoms with Gasteiger partial charge >= 0.3 is 0 Å². The molecule has 0 saturated carbocycles. The predicted octanol–water partition coefficient (Wildman–Crippen LogP) is 4.06. The zero-order valence-corrected chi connectivity index (χ0v) is 9.84. The Morgan fingerprint density at radius 3 is 2.36 bits per heavy atom. The Bertz CT molecular complexity index is 129. The van der Waals surface area contributed by atoms with Gasteiger partial charge in [0, 0.05) is 0 Å². The van der Waals surface area contributed by atoms with Crippen LogP contribution in [0.3, 0.4) is 0 Å². The third-order valence-corrected chi connectivity index (χ3v) is 2.42. The first-order valence-corrected chi connectivity index (χ1v) is 6.16. The van der Waals surface area contributed by atoms with E-state index >= 15 is 0 Å². The molecule has 0 radical (unpaired) electrons. The summed E-state index contributed by atoms with van der Waals surface area (Å²) in [6.07, 6.45) is 13.4. The number of hydrogen-bond acceptors (Lipinski definition) is 1. The average molecular weight is 198 g/mol. The first-order valence-electron chi connectivity index (χ1n) is 6.16. The Balaban J connectivity index is 3.21. The first kappa shape index (κ1) is 13.7. The fourth-order valence-electron chi connectivity index (χ4n) is 1.47. The molecular weight excluding hydrogens is 172 g/mol. The minimum atomic E-state index is -0.205. The summed E-state index contributed by atoms with van der Waals surface area (Å²) < 4.78 is 0. The predicted molar refractivity (Wildman–Crippen MR) is 63.4 cm³/mol. The van der Waals surface area contributed by atoms with Crippen LogP contribution in [0.15, 0.2) is 12.2 Å². The molecule has 0 saturated heterocycles. The Kier molecular flexibility index (Phi) is 10.5. The van der Waals surface area contributed by atoms with E-state index in [1.165, 1.54) is 32.1 Å². The monoisotopic (exact) mass is 198 g/mol. The minimum absolute atomic E-state index is 0.205. The van der Waals surface area contributed by atoms with Crippen LogP contribution < -0.4 is 0 Å². The smallest absolute Gasteiger partial charge is 0.0720 e. The van der Waals surface area contributed by atoms with Crippen LogP contribution in [-0.2, 0) is 0 Å². The van der Waals surface area contributed by atoms with Crippen LogP contribution in [0.5, 0.6) is 0 Å². The normalized spacial score (nSPS) is 13.6. The molecule has 1 heteroatoms. The number of rotatable bonds is 9. The molecule has 0 spiro atoms. The van der Waals surface area contributed by atoms with E-state index in [-0.39, 0.29) is 6.10 Å². The van der Waals surface area contributed by atoms with Gasteiger partial charge in [-0.05, 0) is 12.8 Å². The summed E-state index contributed by atoms with van der Waals surface area (Å²) in [7, 11) is 0. The van der Waals surface area contributed by atoms with E-state index in [0.29, 0.717) is 0 Å². The number of unbranched alkanes of at least 4 members (excludes halogenated alkanes) is 5. The molecule has 1 N–H and O–H groups in total. The molecule has 0 amide bonds. The van der Waals surface area contributed by atoms with Crippen molar-refractivity contribution in [2.75, 3.05) is 0 Å². The van der Waals surface area contributed by atoms with Crippen molar-refractivity contribution in [3.63, 3.8) is 0 Å². The Labute approximate surface area is 89.2 Å². The summed E-state index contributed by atoms with van der Waals surface area (Å²) >= 11 is 0. The molecule has 0 aromatic rings. The van der Waals surface area contributed by atoms with Gasteiger partial charge in [-0.25, -0.2) is 0 Å². The molecule has 0 fully saturated rings. The van der Waals surface area contributed by atoms with Gasteiger partial charge < -0.3 is 5.11 Å². The van der Waals surface area contributed by atoms with Gasteiger partial charge in [0.1, 0.15) is 0 Å². The van der Waals surface area contributed by atoms with Crippen LogP contribution in [0.4, 0.5) is 0 Å². The molecule has 0 aromatic carbocycles. The maximum absolute atomic E-state index is 9.55. The fourth-order valence-corrected chi connectivity index (χ4v) is 1.47. The van der Waals surface area contributed by atoms with Gasteiger partial charge in [-0.1, -0.05) is 64.5 Å². The van der Waals surface area contributed by atoms with E-state index in [9.17, 15) is 5.11 Å². The van der Waals surface area contributed by atoms with E-state index in [1.54, 1.807) is 0 Å². The topological polar surface area (TPSA) is 20.2 Å². The Morgan fingerprint density at radius 1 is 1.00 bits per heavy atom. The second-order valence-electron chi connectivity index (χ2n) is 3.99. The second-order valence-corrected chi connectivity index (χ2v) is 3.99. The highest BCUT2D eigenvalue weighted by atomic mass is 16.3. The van der Waals surface area contributed by atoms with Gasteiger partial charge in [0.25, 0.3) is 0 Å². The molecule has 84 valence electrons. The average Bonchev–Trinajstić information content (AvgIpc) is 2.18. The lowest BCUT2D eigenvalue weighted by Crippen LogP contribution is -2.01. The standard InChI is InChI=1S/C13H26O/c1-3-5-7-8-10-12-13(14)11-9-6-4-2/h9,11,13-14H,3-8,10,12H2,1-2H3. The maximum atomic E-state index is 9.55. The molecule has 0 heterocycles. The van der Waals surface area contributed by atoms with E-state index in [0.717, 1.165) is 19.3 Å². The summed E-state index contributed by atoms with van der Waals surface area (Å²) in [5, 5.41) is 9.55. The van der Waals surface area contributed by atoms with Gasteiger partial charge in [0.05, 0.1) is 6.10 Å². The van der Waals surface area contributed by atoms with E-state index < -0.39 is 0 Å². The third-order valence-electron chi connectivity index (χ3n) is 2.42. The van der Waals surface area contributed by atoms with E-state index in [2.05, 4.69) is 19.9 Å². The molecule has 0 aliphatic heterocycles. The van der Waals surface area contributed by atoms with Crippen molar-refractivity contribution in [2.45, 2.75) is 71.3 Å². The van der Waals surface area contributed by atoms with Crippen molar-refractivity contribution < 1.29 is 5.11 Å². The Morgan fingerprint density at radius 2 is 1.71 bits per heavy atom. The zero-order valence-electron chi connectivity index (χ0n) is 9.84. The van der Waals surface area contributed by atoms with Gasteiger partial charge in [0.2, 0.25) is 0 Å². The molecule has 0 aliphatic rings. The third kappa shape index (κ3) is 9.79. The summed E-state index contributed by atoms with van der Waals surface area (Å²) in [4.78, 5) is 0. The fraction of sp³-hybridized carbons (Fsp3) is 0.846. The van der Waals surface area contributed by atoms with Crippen molar-refractivity contribution in [2.24, 2.45) is 0 Å². The van der Waals surface area contributed by atoms with Crippen LogP contribution in [0, 0.1) is 0 Å². The largest absolute Gasteiger partial charge is 0.389 e. The van der Waals surface area contributed by atoms with Crippen molar-refractivity contribution in [1.29, 1.82) is 0 Å². The van der Waals surface area contributed by atoms with Gasteiger partial charge in [-0.3, -0.25) is 0 Å². The number of aliphatic hydroxyl groups is 1. The molecule has 0 rings (SSSR count). The van der Waals surface area contributed by atoms with Crippen LogP contribution >= 0.6 is 0 Å². The molecule has 1 atom stereocenters. The Hall–Kier alpha value is -0.300. The molecule has 0 aromatic heterocycles. The summed E-state index contributed by atoms with van der Waals surface area (Å²) in [6.45, 7) is 4.38. The molecular formula is C13H26O. The first-order chi connectivity index (χ1) is 6.81. The van der Waals surface area contributed by atoms with Gasteiger partial charge in [0.15, 0.2) is 0 Å². The van der Waals surface area contributed by atoms with Crippen molar-refractivity contribution in [3.05, 3.63) is 12.2 Å². The lowest BCUT2D eigenvalue weighted by atomic mass is 10.1. The maximum Gasteiger partial charge on any atom is 0.0720 e. The van der Waals surface area contributed by atoms with Crippen LogP contribution in [0.2, 0.25) is 0 Å². The SMILES string of the molecule is CCCC=CC(O)CCCCCCC. The highest BCUT2D eigenvalue weighted by Crippen LogP contribution is 2.08. The van der Waals surface area contributed by atoms with Crippen molar-refractivity contribution in [1.82, 2.24) is 0 Å². The van der Waals surface area contributed by atoms with Crippen LogP contribution in [0.25, 0.3) is 0 Å². The summed E-state index contributed by atoms with van der Waals surface area (Å²) in [6, 6.07) is 0. The van der Waals surface area contributed by atoms with Crippen molar-refractivity contribution in [3.8, 4) is 0 Å². The highest BCUT2D eigenvalue weighted by Gasteiger charge is 1.97. The minimum Gasteiger partial charge on any atom is -0.389 e. The number of aliphatic hydroxyl groups excluding tert-OH is 1. The van der Waals surface area contributed by atoms with Gasteiger partial charge in [-0.2, -0.15) is 0 Å². The second kappa shape index (κ2) is 10.8. The van der Waals surface area contributed by atoms with Gasteiger partial charge in [-0.15, -0.1) is 0 Å². The molecule has 1 nitrogen and oxygen atoms in total. The highest BCUT2D eigenvalue weighted by molar-refractivity contribution is 4.87.